The van der Waals surface area contributed by atoms with E-state index in [2.05, 4.69) is 17.3 Å². The summed E-state index contributed by atoms with van der Waals surface area (Å²) in [5.74, 6) is 1.16. The molecule has 6 heteroatoms. The van der Waals surface area contributed by atoms with E-state index in [1.54, 1.807) is 11.3 Å². The second kappa shape index (κ2) is 7.56. The van der Waals surface area contributed by atoms with E-state index in [-0.39, 0.29) is 5.91 Å². The zero-order chi connectivity index (χ0) is 19.1. The van der Waals surface area contributed by atoms with Gasteiger partial charge in [-0.3, -0.25) is 9.69 Å². The summed E-state index contributed by atoms with van der Waals surface area (Å²) in [6.45, 7) is 2.52. The van der Waals surface area contributed by atoms with Crippen molar-refractivity contribution < 1.29 is 4.79 Å². The van der Waals surface area contributed by atoms with Gasteiger partial charge in [0.15, 0.2) is 0 Å². The molecule has 2 aliphatic heterocycles. The minimum absolute atomic E-state index is 0.196. The molecule has 1 saturated heterocycles. The SMILES string of the molecule is CN1CCCC[C@@H]1c1ncc2c(n1)CCN(C(=O)c1csc3c1CCCC3)C2. The molecule has 0 bridgehead atoms. The van der Waals surface area contributed by atoms with Gasteiger partial charge in [0.2, 0.25) is 0 Å². The van der Waals surface area contributed by atoms with Crippen LogP contribution in [0.4, 0.5) is 0 Å². The third-order valence-corrected chi connectivity index (χ3v) is 7.69. The molecule has 0 aromatic carbocycles. The van der Waals surface area contributed by atoms with Gasteiger partial charge in [-0.2, -0.15) is 0 Å². The van der Waals surface area contributed by atoms with Crippen LogP contribution in [0.15, 0.2) is 11.6 Å². The van der Waals surface area contributed by atoms with Crippen molar-refractivity contribution in [2.24, 2.45) is 0 Å². The van der Waals surface area contributed by atoms with E-state index in [9.17, 15) is 4.79 Å². The van der Waals surface area contributed by atoms with Crippen LogP contribution in [0.3, 0.4) is 0 Å². The zero-order valence-electron chi connectivity index (χ0n) is 16.6. The molecule has 28 heavy (non-hydrogen) atoms. The van der Waals surface area contributed by atoms with Gasteiger partial charge in [-0.15, -0.1) is 11.3 Å². The number of amides is 1. The van der Waals surface area contributed by atoms with E-state index >= 15 is 0 Å². The number of carbonyl (C=O) groups is 1. The fraction of sp³-hybridized carbons (Fsp3) is 0.591. The van der Waals surface area contributed by atoms with Crippen LogP contribution in [-0.2, 0) is 25.8 Å². The quantitative estimate of drug-likeness (QED) is 0.775. The van der Waals surface area contributed by atoms with E-state index in [0.717, 1.165) is 61.4 Å². The van der Waals surface area contributed by atoms with Gasteiger partial charge in [0.05, 0.1) is 17.3 Å². The van der Waals surface area contributed by atoms with Crippen LogP contribution in [0.1, 0.15) is 76.0 Å². The molecular weight excluding hydrogens is 368 g/mol. The summed E-state index contributed by atoms with van der Waals surface area (Å²) < 4.78 is 0. The van der Waals surface area contributed by atoms with Gasteiger partial charge >= 0.3 is 0 Å². The first-order valence-corrected chi connectivity index (χ1v) is 11.5. The van der Waals surface area contributed by atoms with Crippen LogP contribution >= 0.6 is 11.3 Å². The third kappa shape index (κ3) is 3.26. The van der Waals surface area contributed by atoms with E-state index in [0.29, 0.717) is 12.6 Å². The number of carbonyl (C=O) groups excluding carboxylic acids is 1. The topological polar surface area (TPSA) is 49.3 Å². The first kappa shape index (κ1) is 18.3. The summed E-state index contributed by atoms with van der Waals surface area (Å²) in [7, 11) is 2.18. The second-order valence-electron chi connectivity index (χ2n) is 8.43. The Balaban J connectivity index is 1.34. The van der Waals surface area contributed by atoms with Crippen LogP contribution in [-0.4, -0.2) is 45.8 Å². The number of aromatic nitrogens is 2. The van der Waals surface area contributed by atoms with Crippen LogP contribution in [0, 0.1) is 0 Å². The molecule has 2 aromatic heterocycles. The van der Waals surface area contributed by atoms with Crippen molar-refractivity contribution in [3.8, 4) is 0 Å². The Hall–Kier alpha value is -1.79. The molecule has 148 valence electrons. The Morgan fingerprint density at radius 2 is 2.04 bits per heavy atom. The molecule has 0 spiro atoms. The number of aryl methyl sites for hydroxylation is 1. The minimum Gasteiger partial charge on any atom is -0.334 e. The predicted octanol–water partition coefficient (Wildman–Crippen LogP) is 3.77. The van der Waals surface area contributed by atoms with Crippen molar-refractivity contribution in [3.63, 3.8) is 0 Å². The summed E-state index contributed by atoms with van der Waals surface area (Å²) in [5, 5.41) is 2.09. The molecule has 0 unspecified atom stereocenters. The number of fused-ring (bicyclic) bond motifs is 2. The zero-order valence-corrected chi connectivity index (χ0v) is 17.4. The number of thiophene rings is 1. The highest BCUT2D eigenvalue weighted by molar-refractivity contribution is 7.10. The number of likely N-dealkylation sites (tertiary alicyclic amines) is 1. The number of nitrogens with zero attached hydrogens (tertiary/aromatic N) is 4. The smallest absolute Gasteiger partial charge is 0.255 e. The van der Waals surface area contributed by atoms with Gasteiger partial charge in [0, 0.05) is 41.5 Å². The lowest BCUT2D eigenvalue weighted by Gasteiger charge is -2.33. The highest BCUT2D eigenvalue weighted by atomic mass is 32.1. The Kier molecular flexibility index (Phi) is 4.93. The maximum Gasteiger partial charge on any atom is 0.255 e. The molecule has 1 fully saturated rings. The van der Waals surface area contributed by atoms with Crippen molar-refractivity contribution in [1.29, 1.82) is 0 Å². The summed E-state index contributed by atoms with van der Waals surface area (Å²) in [4.78, 5) is 28.6. The third-order valence-electron chi connectivity index (χ3n) is 6.60. The largest absolute Gasteiger partial charge is 0.334 e. The number of hydrogen-bond acceptors (Lipinski definition) is 5. The Bertz CT molecular complexity index is 893. The molecule has 4 heterocycles. The van der Waals surface area contributed by atoms with Gasteiger partial charge < -0.3 is 4.90 Å². The molecule has 1 aliphatic carbocycles. The van der Waals surface area contributed by atoms with Crippen LogP contribution < -0.4 is 0 Å². The first-order chi connectivity index (χ1) is 13.7. The summed E-state index contributed by atoms with van der Waals surface area (Å²) in [6.07, 6.45) is 11.1. The fourth-order valence-corrected chi connectivity index (χ4v) is 6.03. The molecule has 1 amide bonds. The minimum atomic E-state index is 0.196. The summed E-state index contributed by atoms with van der Waals surface area (Å²) in [5.41, 5.74) is 4.52. The molecule has 0 saturated carbocycles. The van der Waals surface area contributed by atoms with E-state index < -0.39 is 0 Å². The number of hydrogen-bond donors (Lipinski definition) is 0. The van der Waals surface area contributed by atoms with Crippen molar-refractivity contribution in [2.75, 3.05) is 20.1 Å². The van der Waals surface area contributed by atoms with Gasteiger partial charge in [-0.05, 0) is 57.7 Å². The lowest BCUT2D eigenvalue weighted by atomic mass is 9.95. The summed E-state index contributed by atoms with van der Waals surface area (Å²) >= 11 is 1.77. The van der Waals surface area contributed by atoms with Crippen molar-refractivity contribution in [2.45, 2.75) is 64.0 Å². The monoisotopic (exact) mass is 396 g/mol. The average molecular weight is 397 g/mol. The molecule has 2 aromatic rings. The molecule has 3 aliphatic rings. The van der Waals surface area contributed by atoms with E-state index in [1.807, 2.05) is 11.1 Å². The van der Waals surface area contributed by atoms with Gasteiger partial charge in [0.1, 0.15) is 5.82 Å². The number of piperidine rings is 1. The van der Waals surface area contributed by atoms with Crippen molar-refractivity contribution >= 4 is 17.2 Å². The fourth-order valence-electron chi connectivity index (χ4n) is 4.91. The molecule has 0 N–H and O–H groups in total. The first-order valence-electron chi connectivity index (χ1n) is 10.6. The van der Waals surface area contributed by atoms with Crippen molar-refractivity contribution in [3.05, 3.63) is 44.7 Å². The maximum atomic E-state index is 13.2. The van der Waals surface area contributed by atoms with Gasteiger partial charge in [0.25, 0.3) is 5.91 Å². The van der Waals surface area contributed by atoms with Crippen LogP contribution in [0.5, 0.6) is 0 Å². The van der Waals surface area contributed by atoms with Gasteiger partial charge in [-0.1, -0.05) is 6.42 Å². The Morgan fingerprint density at radius 3 is 2.93 bits per heavy atom. The molecule has 5 rings (SSSR count). The van der Waals surface area contributed by atoms with Crippen molar-refractivity contribution in [1.82, 2.24) is 19.8 Å². The molecule has 1 atom stereocenters. The molecule has 5 nitrogen and oxygen atoms in total. The lowest BCUT2D eigenvalue weighted by Crippen LogP contribution is -2.37. The van der Waals surface area contributed by atoms with Crippen LogP contribution in [0.2, 0.25) is 0 Å². The lowest BCUT2D eigenvalue weighted by molar-refractivity contribution is 0.0732. The van der Waals surface area contributed by atoms with Gasteiger partial charge in [-0.25, -0.2) is 9.97 Å². The molecule has 0 radical (unpaired) electrons. The Morgan fingerprint density at radius 1 is 1.14 bits per heavy atom. The summed E-state index contributed by atoms with van der Waals surface area (Å²) in [6, 6.07) is 0.344. The van der Waals surface area contributed by atoms with E-state index in [4.69, 9.17) is 9.97 Å². The molecular formula is C22H28N4OS. The average Bonchev–Trinajstić information content (AvgIpc) is 3.17. The highest BCUT2D eigenvalue weighted by Crippen LogP contribution is 2.32. The normalized spacial score (nSPS) is 22.6. The predicted molar refractivity (Wildman–Crippen MR) is 111 cm³/mol. The Labute approximate surface area is 170 Å². The van der Waals surface area contributed by atoms with E-state index in [1.165, 1.54) is 36.1 Å². The maximum absolute atomic E-state index is 13.2. The second-order valence-corrected chi connectivity index (χ2v) is 9.39. The standard InChI is InChI=1S/C22H28N4OS/c1-25-10-5-4-7-19(25)21-23-12-15-13-26(11-9-18(15)24-21)22(27)17-14-28-20-8-3-2-6-16(17)20/h12,14,19H,2-11,13H2,1H3/t19-/m1/s1. The van der Waals surface area contributed by atoms with Crippen LogP contribution in [0.25, 0.3) is 0 Å². The highest BCUT2D eigenvalue weighted by Gasteiger charge is 2.29. The number of rotatable bonds is 2.